The molecule has 2 heterocycles. The van der Waals surface area contributed by atoms with Gasteiger partial charge in [-0.15, -0.1) is 0 Å². The van der Waals surface area contributed by atoms with Crippen molar-refractivity contribution in [2.24, 2.45) is 0 Å². The number of hydrogen-bond donors (Lipinski definition) is 1. The highest BCUT2D eigenvalue weighted by molar-refractivity contribution is 9.10. The summed E-state index contributed by atoms with van der Waals surface area (Å²) in [6.07, 6.45) is 4.78. The van der Waals surface area contributed by atoms with Crippen molar-refractivity contribution in [2.75, 3.05) is 26.2 Å². The molecule has 0 aromatic heterocycles. The van der Waals surface area contributed by atoms with Crippen LogP contribution in [-0.4, -0.2) is 37.2 Å². The summed E-state index contributed by atoms with van der Waals surface area (Å²) in [5, 5.41) is 3.47. The van der Waals surface area contributed by atoms with Crippen molar-refractivity contribution in [2.45, 2.75) is 45.2 Å². The van der Waals surface area contributed by atoms with Gasteiger partial charge in [0.15, 0.2) is 0 Å². The molecular formula is C17H25BrN2O. The molecule has 116 valence electrons. The molecule has 3 nitrogen and oxygen atoms in total. The lowest BCUT2D eigenvalue weighted by atomic mass is 10.0. The van der Waals surface area contributed by atoms with Crippen molar-refractivity contribution in [1.29, 1.82) is 0 Å². The molecule has 4 heteroatoms. The van der Waals surface area contributed by atoms with E-state index in [9.17, 15) is 0 Å². The van der Waals surface area contributed by atoms with E-state index in [-0.39, 0.29) is 0 Å². The number of hydrogen-bond acceptors (Lipinski definition) is 3. The summed E-state index contributed by atoms with van der Waals surface area (Å²) < 4.78 is 7.07. The van der Waals surface area contributed by atoms with E-state index in [2.05, 4.69) is 45.2 Å². The zero-order valence-corrected chi connectivity index (χ0v) is 14.4. The topological polar surface area (TPSA) is 24.5 Å². The number of piperidine rings is 1. The molecule has 0 aliphatic carbocycles. The van der Waals surface area contributed by atoms with Crippen LogP contribution in [0.15, 0.2) is 16.6 Å². The molecule has 0 spiro atoms. The summed E-state index contributed by atoms with van der Waals surface area (Å²) in [5.74, 6) is 1.15. The van der Waals surface area contributed by atoms with Gasteiger partial charge in [0.2, 0.25) is 0 Å². The van der Waals surface area contributed by atoms with E-state index in [1.54, 1.807) is 0 Å². The molecule has 0 bridgehead atoms. The van der Waals surface area contributed by atoms with Gasteiger partial charge in [0, 0.05) is 29.0 Å². The standard InChI is InChI=1S/C17H25BrN2O/c1-2-8-20(16-3-6-19-7-4-16)12-14-11-15(18)10-13-5-9-21-17(13)14/h10-11,16,19H,2-9,12H2,1H3. The third-order valence-corrected chi connectivity index (χ3v) is 4.99. The molecule has 2 aliphatic heterocycles. The fourth-order valence-electron chi connectivity index (χ4n) is 3.53. The first kappa shape index (κ1) is 15.3. The van der Waals surface area contributed by atoms with Crippen LogP contribution in [0, 0.1) is 0 Å². The molecule has 1 fully saturated rings. The maximum absolute atomic E-state index is 5.89. The van der Waals surface area contributed by atoms with Crippen LogP contribution in [0.25, 0.3) is 0 Å². The lowest BCUT2D eigenvalue weighted by Gasteiger charge is -2.34. The molecule has 0 atom stereocenters. The summed E-state index contributed by atoms with van der Waals surface area (Å²) in [5.41, 5.74) is 2.71. The van der Waals surface area contributed by atoms with E-state index >= 15 is 0 Å². The fraction of sp³-hybridized carbons (Fsp3) is 0.647. The van der Waals surface area contributed by atoms with Crippen LogP contribution in [0.2, 0.25) is 0 Å². The maximum atomic E-state index is 5.89. The minimum absolute atomic E-state index is 0.710. The Morgan fingerprint density at radius 2 is 2.14 bits per heavy atom. The number of benzene rings is 1. The van der Waals surface area contributed by atoms with Crippen LogP contribution in [0.4, 0.5) is 0 Å². The van der Waals surface area contributed by atoms with Crippen LogP contribution >= 0.6 is 15.9 Å². The van der Waals surface area contributed by atoms with Gasteiger partial charge >= 0.3 is 0 Å². The second-order valence-corrected chi connectivity index (χ2v) is 7.02. The summed E-state index contributed by atoms with van der Waals surface area (Å²) in [7, 11) is 0. The van der Waals surface area contributed by atoms with Gasteiger partial charge in [-0.25, -0.2) is 0 Å². The van der Waals surface area contributed by atoms with E-state index < -0.39 is 0 Å². The Bertz CT molecular complexity index is 486. The van der Waals surface area contributed by atoms with Gasteiger partial charge in [0.25, 0.3) is 0 Å². The van der Waals surface area contributed by atoms with Gasteiger partial charge in [0.1, 0.15) is 5.75 Å². The summed E-state index contributed by atoms with van der Waals surface area (Å²) in [6.45, 7) is 7.60. The molecule has 0 unspecified atom stereocenters. The lowest BCUT2D eigenvalue weighted by molar-refractivity contribution is 0.152. The van der Waals surface area contributed by atoms with E-state index in [1.807, 2.05) is 0 Å². The van der Waals surface area contributed by atoms with E-state index in [0.29, 0.717) is 6.04 Å². The maximum Gasteiger partial charge on any atom is 0.127 e. The molecule has 21 heavy (non-hydrogen) atoms. The molecule has 0 amide bonds. The largest absolute Gasteiger partial charge is 0.493 e. The van der Waals surface area contributed by atoms with Gasteiger partial charge in [-0.05, 0) is 56.6 Å². The van der Waals surface area contributed by atoms with Crippen LogP contribution < -0.4 is 10.1 Å². The Morgan fingerprint density at radius 1 is 1.33 bits per heavy atom. The molecule has 1 aromatic carbocycles. The van der Waals surface area contributed by atoms with Crippen LogP contribution in [0.5, 0.6) is 5.75 Å². The first-order chi connectivity index (χ1) is 10.3. The third kappa shape index (κ3) is 3.61. The van der Waals surface area contributed by atoms with Gasteiger partial charge in [0.05, 0.1) is 6.61 Å². The average Bonchev–Trinajstić information content (AvgIpc) is 2.96. The summed E-state index contributed by atoms with van der Waals surface area (Å²) in [6, 6.07) is 5.16. The number of nitrogens with zero attached hydrogens (tertiary/aromatic N) is 1. The number of nitrogens with one attached hydrogen (secondary N) is 1. The second-order valence-electron chi connectivity index (χ2n) is 6.10. The van der Waals surface area contributed by atoms with Crippen LogP contribution in [0.3, 0.4) is 0 Å². The number of fused-ring (bicyclic) bond motifs is 1. The molecule has 3 rings (SSSR count). The average molecular weight is 353 g/mol. The van der Waals surface area contributed by atoms with Gasteiger partial charge < -0.3 is 10.1 Å². The van der Waals surface area contributed by atoms with Crippen molar-refractivity contribution in [3.63, 3.8) is 0 Å². The molecule has 1 N–H and O–H groups in total. The Morgan fingerprint density at radius 3 is 2.90 bits per heavy atom. The molecule has 2 aliphatic rings. The third-order valence-electron chi connectivity index (χ3n) is 4.53. The van der Waals surface area contributed by atoms with E-state index in [1.165, 1.54) is 41.4 Å². The molecule has 1 saturated heterocycles. The monoisotopic (exact) mass is 352 g/mol. The molecule has 0 saturated carbocycles. The predicted octanol–water partition coefficient (Wildman–Crippen LogP) is 3.35. The highest BCUT2D eigenvalue weighted by Crippen LogP contribution is 2.34. The van der Waals surface area contributed by atoms with Crippen LogP contribution in [-0.2, 0) is 13.0 Å². The van der Waals surface area contributed by atoms with Crippen molar-refractivity contribution in [3.05, 3.63) is 27.7 Å². The summed E-state index contributed by atoms with van der Waals surface area (Å²) in [4.78, 5) is 2.66. The molecular weight excluding hydrogens is 328 g/mol. The van der Waals surface area contributed by atoms with Crippen molar-refractivity contribution in [1.82, 2.24) is 10.2 Å². The van der Waals surface area contributed by atoms with Crippen molar-refractivity contribution >= 4 is 15.9 Å². The zero-order valence-electron chi connectivity index (χ0n) is 12.8. The molecule has 0 radical (unpaired) electrons. The normalized spacial score (nSPS) is 18.8. The number of halogens is 1. The Hall–Kier alpha value is -0.580. The number of rotatable bonds is 5. The van der Waals surface area contributed by atoms with Gasteiger partial charge in [-0.1, -0.05) is 22.9 Å². The Kier molecular flexibility index (Phi) is 5.19. The van der Waals surface area contributed by atoms with Crippen molar-refractivity contribution < 1.29 is 4.74 Å². The number of ether oxygens (including phenoxy) is 1. The van der Waals surface area contributed by atoms with Gasteiger partial charge in [-0.3, -0.25) is 4.90 Å². The highest BCUT2D eigenvalue weighted by atomic mass is 79.9. The zero-order chi connectivity index (χ0) is 14.7. The van der Waals surface area contributed by atoms with Crippen molar-refractivity contribution in [3.8, 4) is 5.75 Å². The van der Waals surface area contributed by atoms with Gasteiger partial charge in [-0.2, -0.15) is 0 Å². The fourth-order valence-corrected chi connectivity index (χ4v) is 4.08. The Labute approximate surface area is 136 Å². The smallest absolute Gasteiger partial charge is 0.127 e. The highest BCUT2D eigenvalue weighted by Gasteiger charge is 2.24. The second kappa shape index (κ2) is 7.12. The lowest BCUT2D eigenvalue weighted by Crippen LogP contribution is -2.43. The minimum Gasteiger partial charge on any atom is -0.493 e. The van der Waals surface area contributed by atoms with E-state index in [4.69, 9.17) is 4.74 Å². The quantitative estimate of drug-likeness (QED) is 0.879. The minimum atomic E-state index is 0.710. The molecule has 1 aromatic rings. The SMILES string of the molecule is CCCN(Cc1cc(Br)cc2c1OCC2)C1CCNCC1. The Balaban J connectivity index is 1.79. The first-order valence-corrected chi connectivity index (χ1v) is 8.96. The van der Waals surface area contributed by atoms with Crippen LogP contribution in [0.1, 0.15) is 37.3 Å². The summed E-state index contributed by atoms with van der Waals surface area (Å²) >= 11 is 3.66. The first-order valence-electron chi connectivity index (χ1n) is 8.16. The predicted molar refractivity (Wildman–Crippen MR) is 89.9 cm³/mol. The van der Waals surface area contributed by atoms with E-state index in [0.717, 1.165) is 38.4 Å².